The second-order valence-corrected chi connectivity index (χ2v) is 5.77. The van der Waals surface area contributed by atoms with Crippen molar-refractivity contribution in [3.63, 3.8) is 0 Å². The molecule has 0 atom stereocenters. The van der Waals surface area contributed by atoms with Gasteiger partial charge in [0.2, 0.25) is 0 Å². The topological polar surface area (TPSA) is 38.8 Å². The summed E-state index contributed by atoms with van der Waals surface area (Å²) in [5, 5.41) is 0. The van der Waals surface area contributed by atoms with Crippen LogP contribution in [-0.4, -0.2) is 45.0 Å². The van der Waals surface area contributed by atoms with Gasteiger partial charge in [0, 0.05) is 12.6 Å². The molecule has 2 aromatic rings. The molecule has 0 N–H and O–H groups in total. The van der Waals surface area contributed by atoms with Gasteiger partial charge in [0.1, 0.15) is 23.9 Å². The minimum Gasteiger partial charge on any atom is -0.497 e. The fraction of sp³-hybridized carbons (Fsp3) is 0.250. The third-order valence-electron chi connectivity index (χ3n) is 3.53. The quantitative estimate of drug-likeness (QED) is 0.541. The molecule has 25 heavy (non-hydrogen) atoms. The van der Waals surface area contributed by atoms with Crippen molar-refractivity contribution in [2.45, 2.75) is 0 Å². The summed E-state index contributed by atoms with van der Waals surface area (Å²) in [6, 6.07) is 11.6. The minimum absolute atomic E-state index is 0.00966. The Morgan fingerprint density at radius 2 is 1.96 bits per heavy atom. The Bertz CT molecular complexity index is 756. The van der Waals surface area contributed by atoms with Gasteiger partial charge in [0.05, 0.1) is 12.7 Å². The van der Waals surface area contributed by atoms with Crippen molar-refractivity contribution in [2.75, 3.05) is 34.4 Å². The van der Waals surface area contributed by atoms with Gasteiger partial charge >= 0.3 is 0 Å². The number of halogens is 1. The number of hydrogen-bond donors (Lipinski definition) is 0. The van der Waals surface area contributed by atoms with Crippen LogP contribution in [0.25, 0.3) is 6.08 Å². The van der Waals surface area contributed by atoms with Gasteiger partial charge in [-0.05, 0) is 50.0 Å². The number of likely N-dealkylation sites (N-methyl/N-ethyl adjacent to an activating group) is 1. The Morgan fingerprint density at radius 1 is 1.16 bits per heavy atom. The Morgan fingerprint density at radius 3 is 2.64 bits per heavy atom. The van der Waals surface area contributed by atoms with Crippen LogP contribution in [0.15, 0.2) is 48.5 Å². The van der Waals surface area contributed by atoms with Crippen LogP contribution in [0.1, 0.15) is 15.9 Å². The van der Waals surface area contributed by atoms with Crippen LogP contribution in [0.2, 0.25) is 0 Å². The number of methoxy groups -OCH3 is 1. The van der Waals surface area contributed by atoms with Crippen molar-refractivity contribution in [1.29, 1.82) is 0 Å². The predicted octanol–water partition coefficient (Wildman–Crippen LogP) is 3.67. The molecule has 0 fully saturated rings. The van der Waals surface area contributed by atoms with Gasteiger partial charge in [0.15, 0.2) is 5.78 Å². The maximum atomic E-state index is 13.9. The second-order valence-electron chi connectivity index (χ2n) is 5.77. The SMILES string of the molecule is COc1ccc(C(=O)C=Cc2cccc(OCCN(C)C)c2)c(F)c1. The van der Waals surface area contributed by atoms with E-state index in [1.165, 1.54) is 25.3 Å². The molecule has 0 heterocycles. The van der Waals surface area contributed by atoms with E-state index in [2.05, 4.69) is 0 Å². The molecule has 2 rings (SSSR count). The van der Waals surface area contributed by atoms with E-state index >= 15 is 0 Å². The summed E-state index contributed by atoms with van der Waals surface area (Å²) in [6.07, 6.45) is 2.99. The molecule has 0 aliphatic heterocycles. The zero-order valence-electron chi connectivity index (χ0n) is 14.7. The molecule has 0 saturated heterocycles. The first-order valence-corrected chi connectivity index (χ1v) is 7.93. The molecule has 0 radical (unpaired) electrons. The summed E-state index contributed by atoms with van der Waals surface area (Å²) < 4.78 is 24.5. The van der Waals surface area contributed by atoms with Crippen molar-refractivity contribution in [2.24, 2.45) is 0 Å². The summed E-state index contributed by atoms with van der Waals surface area (Å²) in [4.78, 5) is 14.2. The third kappa shape index (κ3) is 5.72. The third-order valence-corrected chi connectivity index (χ3v) is 3.53. The van der Waals surface area contributed by atoms with Crippen LogP contribution < -0.4 is 9.47 Å². The van der Waals surface area contributed by atoms with Crippen molar-refractivity contribution in [3.8, 4) is 11.5 Å². The smallest absolute Gasteiger partial charge is 0.188 e. The lowest BCUT2D eigenvalue weighted by atomic mass is 10.1. The van der Waals surface area contributed by atoms with Crippen LogP contribution in [-0.2, 0) is 0 Å². The van der Waals surface area contributed by atoms with Gasteiger partial charge in [-0.3, -0.25) is 4.79 Å². The lowest BCUT2D eigenvalue weighted by Gasteiger charge is -2.11. The first-order chi connectivity index (χ1) is 12.0. The molecule has 0 amide bonds. The zero-order valence-corrected chi connectivity index (χ0v) is 14.7. The van der Waals surface area contributed by atoms with Crippen molar-refractivity contribution in [1.82, 2.24) is 4.90 Å². The number of carbonyl (C=O) groups excluding carboxylic acids is 1. The number of ether oxygens (including phenoxy) is 2. The number of hydrogen-bond acceptors (Lipinski definition) is 4. The molecule has 0 saturated carbocycles. The zero-order chi connectivity index (χ0) is 18.2. The Kier molecular flexibility index (Phi) is 6.71. The number of nitrogens with zero attached hydrogens (tertiary/aromatic N) is 1. The van der Waals surface area contributed by atoms with E-state index < -0.39 is 11.6 Å². The molecular weight excluding hydrogens is 321 g/mol. The summed E-state index contributed by atoms with van der Waals surface area (Å²) in [6.45, 7) is 1.39. The average molecular weight is 343 g/mol. The number of carbonyl (C=O) groups is 1. The highest BCUT2D eigenvalue weighted by molar-refractivity contribution is 6.07. The number of allylic oxidation sites excluding steroid dienone is 1. The standard InChI is InChI=1S/C20H22FNO3/c1-22(2)11-12-25-17-6-4-5-15(13-17)7-10-20(23)18-9-8-16(24-3)14-19(18)21/h4-10,13-14H,11-12H2,1-3H3. The van der Waals surface area contributed by atoms with Crippen LogP contribution in [0.5, 0.6) is 11.5 Å². The maximum absolute atomic E-state index is 13.9. The second kappa shape index (κ2) is 8.99. The molecular formula is C20H22FNO3. The van der Waals surface area contributed by atoms with Gasteiger partial charge in [-0.25, -0.2) is 4.39 Å². The maximum Gasteiger partial charge on any atom is 0.188 e. The Hall–Kier alpha value is -2.66. The Labute approximate surface area is 147 Å². The molecule has 4 nitrogen and oxygen atoms in total. The highest BCUT2D eigenvalue weighted by Gasteiger charge is 2.10. The summed E-state index contributed by atoms with van der Waals surface area (Å²) >= 11 is 0. The minimum atomic E-state index is -0.602. The molecule has 0 spiro atoms. The van der Waals surface area contributed by atoms with Gasteiger partial charge in [-0.15, -0.1) is 0 Å². The first kappa shape index (κ1) is 18.7. The molecule has 5 heteroatoms. The van der Waals surface area contributed by atoms with E-state index in [9.17, 15) is 9.18 Å². The number of rotatable bonds is 8. The van der Waals surface area contributed by atoms with E-state index in [0.717, 1.165) is 17.9 Å². The molecule has 2 aromatic carbocycles. The summed E-state index contributed by atoms with van der Waals surface area (Å²) in [5.41, 5.74) is 0.820. The molecule has 0 unspecified atom stereocenters. The van der Waals surface area contributed by atoms with Crippen LogP contribution in [0.3, 0.4) is 0 Å². The van der Waals surface area contributed by atoms with E-state index in [1.807, 2.05) is 43.3 Å². The highest BCUT2D eigenvalue weighted by atomic mass is 19.1. The van der Waals surface area contributed by atoms with Crippen LogP contribution >= 0.6 is 0 Å². The predicted molar refractivity (Wildman–Crippen MR) is 96.8 cm³/mol. The molecule has 0 aliphatic carbocycles. The monoisotopic (exact) mass is 343 g/mol. The number of ketones is 1. The fourth-order valence-corrected chi connectivity index (χ4v) is 2.14. The van der Waals surface area contributed by atoms with Gasteiger partial charge < -0.3 is 14.4 Å². The highest BCUT2D eigenvalue weighted by Crippen LogP contribution is 2.18. The summed E-state index contributed by atoms with van der Waals surface area (Å²) in [7, 11) is 5.41. The average Bonchev–Trinajstić information content (AvgIpc) is 2.59. The van der Waals surface area contributed by atoms with Gasteiger partial charge in [-0.2, -0.15) is 0 Å². The lowest BCUT2D eigenvalue weighted by Crippen LogP contribution is -2.19. The van der Waals surface area contributed by atoms with Crippen molar-refractivity contribution >= 4 is 11.9 Å². The van der Waals surface area contributed by atoms with Crippen LogP contribution in [0, 0.1) is 5.82 Å². The summed E-state index contributed by atoms with van der Waals surface area (Å²) in [5.74, 6) is 0.0986. The van der Waals surface area contributed by atoms with Crippen molar-refractivity contribution in [3.05, 3.63) is 65.5 Å². The molecule has 0 bridgehead atoms. The largest absolute Gasteiger partial charge is 0.497 e. The van der Waals surface area contributed by atoms with E-state index in [0.29, 0.717) is 12.4 Å². The van der Waals surface area contributed by atoms with Crippen molar-refractivity contribution < 1.29 is 18.7 Å². The van der Waals surface area contributed by atoms with Gasteiger partial charge in [0.25, 0.3) is 0 Å². The fourth-order valence-electron chi connectivity index (χ4n) is 2.14. The lowest BCUT2D eigenvalue weighted by molar-refractivity contribution is 0.104. The number of benzene rings is 2. The van der Waals surface area contributed by atoms with Crippen LogP contribution in [0.4, 0.5) is 4.39 Å². The molecule has 132 valence electrons. The van der Waals surface area contributed by atoms with Gasteiger partial charge in [-0.1, -0.05) is 18.2 Å². The van der Waals surface area contributed by atoms with E-state index in [1.54, 1.807) is 12.1 Å². The normalized spacial score (nSPS) is 11.1. The first-order valence-electron chi connectivity index (χ1n) is 7.93. The molecule has 0 aliphatic rings. The molecule has 0 aromatic heterocycles. The van der Waals surface area contributed by atoms with E-state index in [4.69, 9.17) is 9.47 Å². The van der Waals surface area contributed by atoms with E-state index in [-0.39, 0.29) is 5.56 Å². The Balaban J connectivity index is 2.04.